The Morgan fingerprint density at radius 2 is 2.32 bits per heavy atom. The molecule has 7 heteroatoms. The van der Waals surface area contributed by atoms with E-state index in [1.54, 1.807) is 6.07 Å². The third-order valence-corrected chi connectivity index (χ3v) is 3.90. The van der Waals surface area contributed by atoms with E-state index < -0.39 is 6.61 Å². The zero-order chi connectivity index (χ0) is 16.1. The zero-order valence-electron chi connectivity index (χ0n) is 12.3. The van der Waals surface area contributed by atoms with E-state index in [0.29, 0.717) is 11.6 Å². The summed E-state index contributed by atoms with van der Waals surface area (Å²) < 4.78 is 28.6. The number of carbonyl (C=O) groups is 1. The van der Waals surface area contributed by atoms with Crippen LogP contribution in [0.1, 0.15) is 19.8 Å². The van der Waals surface area contributed by atoms with Gasteiger partial charge < -0.3 is 15.0 Å². The summed E-state index contributed by atoms with van der Waals surface area (Å²) in [5.41, 5.74) is 0.588. The molecule has 1 unspecified atom stereocenters. The van der Waals surface area contributed by atoms with Gasteiger partial charge in [-0.1, -0.05) is 18.5 Å². The smallest absolute Gasteiger partial charge is 0.387 e. The van der Waals surface area contributed by atoms with E-state index in [4.69, 9.17) is 11.6 Å². The first-order valence-corrected chi connectivity index (χ1v) is 7.59. The fourth-order valence-electron chi connectivity index (χ4n) is 2.51. The van der Waals surface area contributed by atoms with E-state index in [0.717, 1.165) is 25.9 Å². The standard InChI is InChI=1S/C15H19ClF2N2O2/c1-10-3-2-6-20(9-10)14(21)8-19-11-4-5-13(12(16)7-11)22-15(17)18/h4-5,7,10,15,19H,2-3,6,8-9H2,1H3. The number of nitrogens with one attached hydrogen (secondary N) is 1. The van der Waals surface area contributed by atoms with Gasteiger partial charge in [-0.3, -0.25) is 4.79 Å². The van der Waals surface area contributed by atoms with Crippen LogP contribution >= 0.6 is 11.6 Å². The summed E-state index contributed by atoms with van der Waals surface area (Å²) in [4.78, 5) is 14.0. The van der Waals surface area contributed by atoms with Crippen molar-refractivity contribution in [2.45, 2.75) is 26.4 Å². The molecule has 0 saturated carbocycles. The highest BCUT2D eigenvalue weighted by Gasteiger charge is 2.20. The number of halogens is 3. The quantitative estimate of drug-likeness (QED) is 0.895. The van der Waals surface area contributed by atoms with Crippen molar-refractivity contribution in [2.75, 3.05) is 25.0 Å². The largest absolute Gasteiger partial charge is 0.433 e. The van der Waals surface area contributed by atoms with E-state index in [2.05, 4.69) is 17.0 Å². The number of hydrogen-bond acceptors (Lipinski definition) is 3. The molecule has 22 heavy (non-hydrogen) atoms. The van der Waals surface area contributed by atoms with Crippen LogP contribution in [0.4, 0.5) is 14.5 Å². The Morgan fingerprint density at radius 1 is 1.55 bits per heavy atom. The molecule has 1 aliphatic heterocycles. The van der Waals surface area contributed by atoms with Gasteiger partial charge in [0.25, 0.3) is 0 Å². The predicted molar refractivity (Wildman–Crippen MR) is 81.6 cm³/mol. The first-order chi connectivity index (χ1) is 10.5. The van der Waals surface area contributed by atoms with Crippen LogP contribution < -0.4 is 10.1 Å². The van der Waals surface area contributed by atoms with Crippen molar-refractivity contribution < 1.29 is 18.3 Å². The molecule has 1 heterocycles. The Hall–Kier alpha value is -1.56. The van der Waals surface area contributed by atoms with Crippen LogP contribution in [-0.2, 0) is 4.79 Å². The lowest BCUT2D eigenvalue weighted by molar-refractivity contribution is -0.130. The van der Waals surface area contributed by atoms with Gasteiger partial charge in [0.05, 0.1) is 11.6 Å². The Morgan fingerprint density at radius 3 is 2.95 bits per heavy atom. The summed E-state index contributed by atoms with van der Waals surface area (Å²) in [5, 5.41) is 3.03. The Kier molecular flexibility index (Phi) is 5.83. The van der Waals surface area contributed by atoms with Gasteiger partial charge in [-0.05, 0) is 37.0 Å². The summed E-state index contributed by atoms with van der Waals surface area (Å²) in [7, 11) is 0. The van der Waals surface area contributed by atoms with Crippen LogP contribution in [0.5, 0.6) is 5.75 Å². The highest BCUT2D eigenvalue weighted by atomic mass is 35.5. The molecule has 1 aliphatic rings. The van der Waals surface area contributed by atoms with E-state index in [-0.39, 0.29) is 23.2 Å². The number of alkyl halides is 2. The molecule has 1 saturated heterocycles. The number of benzene rings is 1. The van der Waals surface area contributed by atoms with Crippen molar-refractivity contribution >= 4 is 23.2 Å². The number of ether oxygens (including phenoxy) is 1. The molecule has 1 aromatic carbocycles. The Bertz CT molecular complexity index is 528. The first kappa shape index (κ1) is 16.8. The Balaban J connectivity index is 1.88. The minimum absolute atomic E-state index is 0.0237. The number of amides is 1. The number of piperidine rings is 1. The SMILES string of the molecule is CC1CCCN(C(=O)CNc2ccc(OC(F)F)c(Cl)c2)C1. The third kappa shape index (κ3) is 4.73. The highest BCUT2D eigenvalue weighted by molar-refractivity contribution is 6.32. The average Bonchev–Trinajstić information content (AvgIpc) is 2.47. The molecule has 122 valence electrons. The highest BCUT2D eigenvalue weighted by Crippen LogP contribution is 2.28. The molecule has 4 nitrogen and oxygen atoms in total. The normalized spacial score (nSPS) is 18.4. The third-order valence-electron chi connectivity index (χ3n) is 3.60. The van der Waals surface area contributed by atoms with Crippen molar-refractivity contribution in [3.05, 3.63) is 23.2 Å². The minimum Gasteiger partial charge on any atom is -0.433 e. The van der Waals surface area contributed by atoms with Gasteiger partial charge in [-0.25, -0.2) is 0 Å². The van der Waals surface area contributed by atoms with Gasteiger partial charge in [0.15, 0.2) is 0 Å². The van der Waals surface area contributed by atoms with Crippen molar-refractivity contribution in [3.8, 4) is 5.75 Å². The van der Waals surface area contributed by atoms with Gasteiger partial charge in [0.2, 0.25) is 5.91 Å². The van der Waals surface area contributed by atoms with Crippen molar-refractivity contribution in [2.24, 2.45) is 5.92 Å². The van der Waals surface area contributed by atoms with E-state index in [1.807, 2.05) is 4.90 Å². The first-order valence-electron chi connectivity index (χ1n) is 7.21. The molecule has 2 rings (SSSR count). The van der Waals surface area contributed by atoms with Crippen molar-refractivity contribution in [1.29, 1.82) is 0 Å². The molecule has 1 atom stereocenters. The lowest BCUT2D eigenvalue weighted by Crippen LogP contribution is -2.41. The topological polar surface area (TPSA) is 41.6 Å². The number of anilines is 1. The van der Waals surface area contributed by atoms with E-state index in [1.165, 1.54) is 12.1 Å². The van der Waals surface area contributed by atoms with Crippen LogP contribution in [0, 0.1) is 5.92 Å². The molecule has 1 fully saturated rings. The fraction of sp³-hybridized carbons (Fsp3) is 0.533. The molecule has 0 bridgehead atoms. The molecule has 0 radical (unpaired) electrons. The van der Waals surface area contributed by atoms with Gasteiger partial charge in [-0.15, -0.1) is 0 Å². The number of likely N-dealkylation sites (tertiary alicyclic amines) is 1. The lowest BCUT2D eigenvalue weighted by atomic mass is 10.0. The second-order valence-corrected chi connectivity index (χ2v) is 5.87. The van der Waals surface area contributed by atoms with Crippen LogP contribution in [0.15, 0.2) is 18.2 Å². The summed E-state index contributed by atoms with van der Waals surface area (Å²) >= 11 is 5.86. The maximum absolute atomic E-state index is 12.1. The number of carbonyl (C=O) groups excluding carboxylic acids is 1. The van der Waals surface area contributed by atoms with Gasteiger partial charge in [0, 0.05) is 18.8 Å². The monoisotopic (exact) mass is 332 g/mol. The second-order valence-electron chi connectivity index (χ2n) is 5.46. The average molecular weight is 333 g/mol. The molecule has 1 amide bonds. The zero-order valence-corrected chi connectivity index (χ0v) is 13.1. The Labute approximate surface area is 133 Å². The number of rotatable bonds is 5. The van der Waals surface area contributed by atoms with Crippen molar-refractivity contribution in [1.82, 2.24) is 4.90 Å². The van der Waals surface area contributed by atoms with Crippen LogP contribution in [0.3, 0.4) is 0 Å². The van der Waals surface area contributed by atoms with Crippen LogP contribution in [0.25, 0.3) is 0 Å². The van der Waals surface area contributed by atoms with Crippen LogP contribution in [-0.4, -0.2) is 37.1 Å². The number of nitrogens with zero attached hydrogens (tertiary/aromatic N) is 1. The van der Waals surface area contributed by atoms with Gasteiger partial charge in [-0.2, -0.15) is 8.78 Å². The van der Waals surface area contributed by atoms with Gasteiger partial charge >= 0.3 is 6.61 Å². The summed E-state index contributed by atoms with van der Waals surface area (Å²) in [6, 6.07) is 4.37. The molecular weight excluding hydrogens is 314 g/mol. The van der Waals surface area contributed by atoms with Gasteiger partial charge in [0.1, 0.15) is 5.75 Å². The molecule has 1 aromatic rings. The molecule has 1 N–H and O–H groups in total. The maximum Gasteiger partial charge on any atom is 0.387 e. The summed E-state index contributed by atoms with van der Waals surface area (Å²) in [6.45, 7) is 0.931. The van der Waals surface area contributed by atoms with Crippen LogP contribution in [0.2, 0.25) is 5.02 Å². The van der Waals surface area contributed by atoms with Crippen molar-refractivity contribution in [3.63, 3.8) is 0 Å². The predicted octanol–water partition coefficient (Wildman–Crippen LogP) is 3.61. The molecule has 0 aliphatic carbocycles. The van der Waals surface area contributed by atoms with E-state index >= 15 is 0 Å². The van der Waals surface area contributed by atoms with E-state index in [9.17, 15) is 13.6 Å². The molecule has 0 aromatic heterocycles. The molecular formula is C15H19ClF2N2O2. The lowest BCUT2D eigenvalue weighted by Gasteiger charge is -2.31. The summed E-state index contributed by atoms with van der Waals surface area (Å²) in [5.74, 6) is 0.465. The number of hydrogen-bond donors (Lipinski definition) is 1. The minimum atomic E-state index is -2.92. The molecule has 0 spiro atoms. The maximum atomic E-state index is 12.1. The fourth-order valence-corrected chi connectivity index (χ4v) is 2.73. The summed E-state index contributed by atoms with van der Waals surface area (Å²) in [6.07, 6.45) is 2.18. The second kappa shape index (κ2) is 7.63.